The lowest BCUT2D eigenvalue weighted by Gasteiger charge is -2.22. The number of halogens is 2. The van der Waals surface area contributed by atoms with Crippen molar-refractivity contribution in [2.24, 2.45) is 0 Å². The van der Waals surface area contributed by atoms with E-state index in [1.807, 2.05) is 0 Å². The summed E-state index contributed by atoms with van der Waals surface area (Å²) in [6.07, 6.45) is 0.102. The molecule has 0 bridgehead atoms. The number of amides is 1. The van der Waals surface area contributed by atoms with Gasteiger partial charge in [0.05, 0.1) is 23.8 Å². The SMILES string of the molecule is COC(=O)[C@H]1C[C@@H](OC)CN1C(=O)c1ccc(F)cc1Cl. The molecule has 1 heterocycles. The van der Waals surface area contributed by atoms with Crippen LogP contribution in [0, 0.1) is 5.82 Å². The maximum absolute atomic E-state index is 13.1. The van der Waals surface area contributed by atoms with Gasteiger partial charge in [0.2, 0.25) is 0 Å². The van der Waals surface area contributed by atoms with E-state index in [1.54, 1.807) is 0 Å². The molecule has 2 atom stereocenters. The zero-order chi connectivity index (χ0) is 15.6. The molecule has 0 aliphatic carbocycles. The third kappa shape index (κ3) is 3.16. The van der Waals surface area contributed by atoms with E-state index >= 15 is 0 Å². The first-order chi connectivity index (χ1) is 9.97. The monoisotopic (exact) mass is 315 g/mol. The Labute approximate surface area is 126 Å². The first kappa shape index (κ1) is 15.7. The smallest absolute Gasteiger partial charge is 0.328 e. The lowest BCUT2D eigenvalue weighted by molar-refractivity contribution is -0.145. The van der Waals surface area contributed by atoms with Crippen molar-refractivity contribution in [2.75, 3.05) is 20.8 Å². The van der Waals surface area contributed by atoms with E-state index in [2.05, 4.69) is 0 Å². The van der Waals surface area contributed by atoms with Crippen molar-refractivity contribution in [2.45, 2.75) is 18.6 Å². The molecular weight excluding hydrogens is 301 g/mol. The number of esters is 1. The average Bonchev–Trinajstić information content (AvgIpc) is 2.90. The second-order valence-corrected chi connectivity index (χ2v) is 5.12. The van der Waals surface area contributed by atoms with Gasteiger partial charge in [0.25, 0.3) is 5.91 Å². The highest BCUT2D eigenvalue weighted by molar-refractivity contribution is 6.33. The molecule has 5 nitrogen and oxygen atoms in total. The van der Waals surface area contributed by atoms with Crippen LogP contribution >= 0.6 is 11.6 Å². The van der Waals surface area contributed by atoms with Gasteiger partial charge in [-0.1, -0.05) is 11.6 Å². The van der Waals surface area contributed by atoms with E-state index in [-0.39, 0.29) is 23.2 Å². The first-order valence-electron chi connectivity index (χ1n) is 6.34. The van der Waals surface area contributed by atoms with Gasteiger partial charge in [0.1, 0.15) is 11.9 Å². The molecule has 7 heteroatoms. The summed E-state index contributed by atoms with van der Waals surface area (Å²) in [5.74, 6) is -1.49. The van der Waals surface area contributed by atoms with Crippen molar-refractivity contribution >= 4 is 23.5 Å². The summed E-state index contributed by atoms with van der Waals surface area (Å²) < 4.78 is 23.0. The van der Waals surface area contributed by atoms with E-state index in [4.69, 9.17) is 21.1 Å². The number of rotatable bonds is 3. The number of ether oxygens (including phenoxy) is 2. The van der Waals surface area contributed by atoms with Crippen LogP contribution in [0.15, 0.2) is 18.2 Å². The molecule has 0 N–H and O–H groups in total. The van der Waals surface area contributed by atoms with Crippen LogP contribution in [0.1, 0.15) is 16.8 Å². The van der Waals surface area contributed by atoms with Crippen LogP contribution in [-0.2, 0) is 14.3 Å². The Kier molecular flexibility index (Phi) is 4.80. The number of nitrogens with zero attached hydrogens (tertiary/aromatic N) is 1. The summed E-state index contributed by atoms with van der Waals surface area (Å²) in [5.41, 5.74) is 0.142. The molecule has 1 aliphatic heterocycles. The van der Waals surface area contributed by atoms with Gasteiger partial charge in [-0.25, -0.2) is 9.18 Å². The minimum atomic E-state index is -0.728. The summed E-state index contributed by atoms with van der Waals surface area (Å²) in [4.78, 5) is 25.7. The largest absolute Gasteiger partial charge is 0.467 e. The summed E-state index contributed by atoms with van der Waals surface area (Å²) in [7, 11) is 2.77. The Morgan fingerprint density at radius 1 is 1.38 bits per heavy atom. The van der Waals surface area contributed by atoms with Crippen LogP contribution in [0.4, 0.5) is 4.39 Å². The Bertz CT molecular complexity index is 566. The fraction of sp³-hybridized carbons (Fsp3) is 0.429. The van der Waals surface area contributed by atoms with Crippen molar-refractivity contribution < 1.29 is 23.5 Å². The second kappa shape index (κ2) is 6.41. The molecule has 1 aromatic rings. The first-order valence-corrected chi connectivity index (χ1v) is 6.72. The molecule has 0 unspecified atom stereocenters. The molecule has 0 spiro atoms. The maximum atomic E-state index is 13.1. The van der Waals surface area contributed by atoms with Crippen LogP contribution < -0.4 is 0 Å². The molecule has 1 fully saturated rings. The summed E-state index contributed by atoms with van der Waals surface area (Å²) in [6, 6.07) is 2.78. The number of benzene rings is 1. The number of hydrogen-bond donors (Lipinski definition) is 0. The molecule has 0 saturated carbocycles. The Balaban J connectivity index is 2.29. The van der Waals surface area contributed by atoms with Gasteiger partial charge in [0, 0.05) is 20.1 Å². The van der Waals surface area contributed by atoms with Gasteiger partial charge in [0.15, 0.2) is 0 Å². The molecule has 2 rings (SSSR count). The predicted octanol–water partition coefficient (Wildman–Crippen LogP) is 1.88. The Morgan fingerprint density at radius 2 is 2.10 bits per heavy atom. The quantitative estimate of drug-likeness (QED) is 0.799. The number of carbonyl (C=O) groups is 2. The number of hydrogen-bond acceptors (Lipinski definition) is 4. The second-order valence-electron chi connectivity index (χ2n) is 4.71. The van der Waals surface area contributed by atoms with Crippen LogP contribution in [0.2, 0.25) is 5.02 Å². The highest BCUT2D eigenvalue weighted by Crippen LogP contribution is 2.26. The van der Waals surface area contributed by atoms with Crippen molar-refractivity contribution in [1.29, 1.82) is 0 Å². The maximum Gasteiger partial charge on any atom is 0.328 e. The van der Waals surface area contributed by atoms with Crippen molar-refractivity contribution in [3.63, 3.8) is 0 Å². The van der Waals surface area contributed by atoms with Gasteiger partial charge >= 0.3 is 5.97 Å². The van der Waals surface area contributed by atoms with Crippen molar-refractivity contribution in [3.8, 4) is 0 Å². The van der Waals surface area contributed by atoms with Crippen LogP contribution in [-0.4, -0.2) is 49.7 Å². The minimum absolute atomic E-state index is 0.00415. The highest BCUT2D eigenvalue weighted by Gasteiger charge is 2.41. The van der Waals surface area contributed by atoms with Crippen molar-refractivity contribution in [3.05, 3.63) is 34.6 Å². The fourth-order valence-electron chi connectivity index (χ4n) is 2.37. The lowest BCUT2D eigenvalue weighted by Crippen LogP contribution is -2.41. The average molecular weight is 316 g/mol. The van der Waals surface area contributed by atoms with Gasteiger partial charge in [-0.15, -0.1) is 0 Å². The number of likely N-dealkylation sites (tertiary alicyclic amines) is 1. The standard InChI is InChI=1S/C14H15ClFNO4/c1-20-9-6-12(14(19)21-2)17(7-9)13(18)10-4-3-8(16)5-11(10)15/h3-5,9,12H,6-7H2,1-2H3/t9-,12-/m1/s1. The third-order valence-electron chi connectivity index (χ3n) is 3.49. The van der Waals surface area contributed by atoms with E-state index in [0.29, 0.717) is 6.42 Å². The van der Waals surface area contributed by atoms with Gasteiger partial charge in [-0.05, 0) is 18.2 Å². The lowest BCUT2D eigenvalue weighted by atomic mass is 10.1. The van der Waals surface area contributed by atoms with E-state index in [9.17, 15) is 14.0 Å². The number of carbonyl (C=O) groups excluding carboxylic acids is 2. The molecule has 114 valence electrons. The Morgan fingerprint density at radius 3 is 2.67 bits per heavy atom. The number of methoxy groups -OCH3 is 2. The van der Waals surface area contributed by atoms with Crippen LogP contribution in [0.25, 0.3) is 0 Å². The Hall–Kier alpha value is -1.66. The predicted molar refractivity (Wildman–Crippen MR) is 73.7 cm³/mol. The zero-order valence-corrected chi connectivity index (χ0v) is 12.4. The molecule has 0 radical (unpaired) electrons. The molecule has 1 amide bonds. The van der Waals surface area contributed by atoms with Crippen molar-refractivity contribution in [1.82, 2.24) is 4.90 Å². The summed E-state index contributed by atoms with van der Waals surface area (Å²) in [6.45, 7) is 0.253. The van der Waals surface area contributed by atoms with E-state index < -0.39 is 23.7 Å². The fourth-order valence-corrected chi connectivity index (χ4v) is 2.62. The molecule has 21 heavy (non-hydrogen) atoms. The topological polar surface area (TPSA) is 55.8 Å². The summed E-state index contributed by atoms with van der Waals surface area (Å²) >= 11 is 5.90. The third-order valence-corrected chi connectivity index (χ3v) is 3.80. The molecule has 0 aromatic heterocycles. The van der Waals surface area contributed by atoms with Gasteiger partial charge < -0.3 is 14.4 Å². The van der Waals surface area contributed by atoms with Crippen LogP contribution in [0.5, 0.6) is 0 Å². The highest BCUT2D eigenvalue weighted by atomic mass is 35.5. The van der Waals surface area contributed by atoms with E-state index in [0.717, 1.165) is 12.1 Å². The van der Waals surface area contributed by atoms with Gasteiger partial charge in [-0.3, -0.25) is 4.79 Å². The molecule has 1 saturated heterocycles. The molecule has 1 aromatic carbocycles. The zero-order valence-electron chi connectivity index (χ0n) is 11.6. The minimum Gasteiger partial charge on any atom is -0.467 e. The normalized spacial score (nSPS) is 21.4. The molecular formula is C14H15ClFNO4. The molecule has 1 aliphatic rings. The van der Waals surface area contributed by atoms with Gasteiger partial charge in [-0.2, -0.15) is 0 Å². The summed E-state index contributed by atoms with van der Waals surface area (Å²) in [5, 5.41) is 0.00415. The van der Waals surface area contributed by atoms with Crippen LogP contribution in [0.3, 0.4) is 0 Å². The van der Waals surface area contributed by atoms with E-state index in [1.165, 1.54) is 25.2 Å².